The number of rotatable bonds is 4. The van der Waals surface area contributed by atoms with Crippen molar-refractivity contribution in [3.05, 3.63) is 35.9 Å². The van der Waals surface area contributed by atoms with Crippen molar-refractivity contribution in [3.8, 4) is 0 Å². The third-order valence-corrected chi connectivity index (χ3v) is 5.34. The Hall–Kier alpha value is -0.860. The highest BCUT2D eigenvalue weighted by Crippen LogP contribution is 2.29. The summed E-state index contributed by atoms with van der Waals surface area (Å²) in [6, 6.07) is 12.5. The average molecular weight is 272 g/mol. The first-order valence-corrected chi connectivity index (χ1v) is 8.32. The van der Waals surface area contributed by atoms with E-state index in [0.29, 0.717) is 0 Å². The van der Waals surface area contributed by atoms with Crippen molar-refractivity contribution in [3.63, 3.8) is 0 Å². The molecule has 2 unspecified atom stereocenters. The minimum Gasteiger partial charge on any atom is -0.315 e. The number of likely N-dealkylation sites (N-methyl/N-ethyl adjacent to an activating group) is 1. The van der Waals surface area contributed by atoms with Gasteiger partial charge in [0.15, 0.2) is 0 Å². The Kier molecular flexibility index (Phi) is 4.74. The highest BCUT2D eigenvalue weighted by atomic mass is 15.2. The fraction of sp³-hybridized carbons (Fsp3) is 0.667. The molecule has 1 aliphatic heterocycles. The summed E-state index contributed by atoms with van der Waals surface area (Å²) in [4.78, 5) is 2.76. The van der Waals surface area contributed by atoms with Crippen molar-refractivity contribution in [2.75, 3.05) is 20.1 Å². The van der Waals surface area contributed by atoms with E-state index < -0.39 is 0 Å². The van der Waals surface area contributed by atoms with Crippen LogP contribution in [0.25, 0.3) is 0 Å². The molecule has 110 valence electrons. The lowest BCUT2D eigenvalue weighted by Gasteiger charge is -2.38. The Bertz CT molecular complexity index is 395. The molecule has 2 atom stereocenters. The molecule has 2 nitrogen and oxygen atoms in total. The van der Waals surface area contributed by atoms with Crippen molar-refractivity contribution in [2.45, 2.75) is 50.6 Å². The molecular weight excluding hydrogens is 244 g/mol. The second-order valence-electron chi connectivity index (χ2n) is 6.56. The Balaban J connectivity index is 1.49. The van der Waals surface area contributed by atoms with E-state index in [1.54, 1.807) is 0 Å². The largest absolute Gasteiger partial charge is 0.315 e. The SMILES string of the molecule is CNC1CCCC1N1CCC(Cc2ccccc2)CC1. The quantitative estimate of drug-likeness (QED) is 0.906. The van der Waals surface area contributed by atoms with Crippen LogP contribution in [-0.2, 0) is 6.42 Å². The molecule has 1 aromatic rings. The van der Waals surface area contributed by atoms with Crippen LogP contribution in [0.2, 0.25) is 0 Å². The van der Waals surface area contributed by atoms with Gasteiger partial charge in [-0.25, -0.2) is 0 Å². The Morgan fingerprint density at radius 3 is 2.50 bits per heavy atom. The molecule has 1 saturated carbocycles. The van der Waals surface area contributed by atoms with Crippen molar-refractivity contribution >= 4 is 0 Å². The second-order valence-corrected chi connectivity index (χ2v) is 6.56. The Labute approximate surface area is 123 Å². The van der Waals surface area contributed by atoms with E-state index in [1.165, 1.54) is 57.2 Å². The molecule has 1 aromatic carbocycles. The van der Waals surface area contributed by atoms with E-state index in [-0.39, 0.29) is 0 Å². The van der Waals surface area contributed by atoms with Crippen molar-refractivity contribution in [2.24, 2.45) is 5.92 Å². The number of hydrogen-bond acceptors (Lipinski definition) is 2. The van der Waals surface area contributed by atoms with Gasteiger partial charge in [-0.15, -0.1) is 0 Å². The lowest BCUT2D eigenvalue weighted by molar-refractivity contribution is 0.119. The summed E-state index contributed by atoms with van der Waals surface area (Å²) >= 11 is 0. The van der Waals surface area contributed by atoms with Gasteiger partial charge in [-0.3, -0.25) is 4.90 Å². The van der Waals surface area contributed by atoms with Crippen LogP contribution < -0.4 is 5.32 Å². The van der Waals surface area contributed by atoms with Crippen LogP contribution in [0.1, 0.15) is 37.7 Å². The predicted molar refractivity (Wildman–Crippen MR) is 84.9 cm³/mol. The number of hydrogen-bond donors (Lipinski definition) is 1. The smallest absolute Gasteiger partial charge is 0.0249 e. The van der Waals surface area contributed by atoms with Gasteiger partial charge in [0.25, 0.3) is 0 Å². The normalized spacial score (nSPS) is 28.9. The first-order chi connectivity index (χ1) is 9.86. The van der Waals surface area contributed by atoms with Gasteiger partial charge in [0.05, 0.1) is 0 Å². The van der Waals surface area contributed by atoms with Crippen LogP contribution in [0.4, 0.5) is 0 Å². The van der Waals surface area contributed by atoms with Crippen molar-refractivity contribution in [1.82, 2.24) is 10.2 Å². The van der Waals surface area contributed by atoms with Gasteiger partial charge < -0.3 is 5.32 Å². The molecule has 1 aliphatic carbocycles. The number of nitrogens with one attached hydrogen (secondary N) is 1. The van der Waals surface area contributed by atoms with Crippen molar-refractivity contribution in [1.29, 1.82) is 0 Å². The zero-order chi connectivity index (χ0) is 13.8. The molecule has 3 rings (SSSR count). The third-order valence-electron chi connectivity index (χ3n) is 5.34. The Morgan fingerprint density at radius 1 is 1.05 bits per heavy atom. The van der Waals surface area contributed by atoms with Crippen molar-refractivity contribution < 1.29 is 0 Å². The molecule has 1 N–H and O–H groups in total. The topological polar surface area (TPSA) is 15.3 Å². The molecule has 0 aromatic heterocycles. The zero-order valence-electron chi connectivity index (χ0n) is 12.7. The third kappa shape index (κ3) is 3.24. The number of benzene rings is 1. The maximum Gasteiger partial charge on any atom is 0.0249 e. The van der Waals surface area contributed by atoms with Crippen LogP contribution in [0, 0.1) is 5.92 Å². The maximum absolute atomic E-state index is 3.52. The predicted octanol–water partition coefficient (Wildman–Crippen LogP) is 3.08. The second kappa shape index (κ2) is 6.73. The average Bonchev–Trinajstić information content (AvgIpc) is 2.98. The first-order valence-electron chi connectivity index (χ1n) is 8.32. The molecule has 20 heavy (non-hydrogen) atoms. The van der Waals surface area contributed by atoms with Crippen LogP contribution in [-0.4, -0.2) is 37.1 Å². The van der Waals surface area contributed by atoms with Crippen LogP contribution in [0.5, 0.6) is 0 Å². The first kappa shape index (κ1) is 14.1. The molecule has 2 aliphatic rings. The van der Waals surface area contributed by atoms with E-state index in [2.05, 4.69) is 47.6 Å². The fourth-order valence-corrected chi connectivity index (χ4v) is 4.15. The highest BCUT2D eigenvalue weighted by molar-refractivity contribution is 5.15. The number of piperidine rings is 1. The molecular formula is C18H28N2. The molecule has 1 heterocycles. The van der Waals surface area contributed by atoms with Gasteiger partial charge in [0, 0.05) is 12.1 Å². The number of likely N-dealkylation sites (tertiary alicyclic amines) is 1. The molecule has 1 saturated heterocycles. The monoisotopic (exact) mass is 272 g/mol. The lowest BCUT2D eigenvalue weighted by Crippen LogP contribution is -2.49. The fourth-order valence-electron chi connectivity index (χ4n) is 4.15. The molecule has 2 heteroatoms. The minimum atomic E-state index is 0.737. The molecule has 2 fully saturated rings. The van der Waals surface area contributed by atoms with E-state index in [0.717, 1.165) is 18.0 Å². The molecule has 0 spiro atoms. The van der Waals surface area contributed by atoms with E-state index in [4.69, 9.17) is 0 Å². The summed E-state index contributed by atoms with van der Waals surface area (Å²) in [5.74, 6) is 0.892. The Morgan fingerprint density at radius 2 is 1.80 bits per heavy atom. The summed E-state index contributed by atoms with van der Waals surface area (Å²) in [6.45, 7) is 2.61. The minimum absolute atomic E-state index is 0.737. The summed E-state index contributed by atoms with van der Waals surface area (Å²) in [5.41, 5.74) is 1.51. The van der Waals surface area contributed by atoms with Gasteiger partial charge in [-0.1, -0.05) is 36.8 Å². The van der Waals surface area contributed by atoms with Gasteiger partial charge in [-0.2, -0.15) is 0 Å². The molecule has 0 radical (unpaired) electrons. The number of nitrogens with zero attached hydrogens (tertiary/aromatic N) is 1. The maximum atomic E-state index is 3.52. The van der Waals surface area contributed by atoms with E-state index >= 15 is 0 Å². The lowest BCUT2D eigenvalue weighted by atomic mass is 9.89. The zero-order valence-corrected chi connectivity index (χ0v) is 12.7. The van der Waals surface area contributed by atoms with E-state index in [1.807, 2.05) is 0 Å². The summed E-state index contributed by atoms with van der Waals surface area (Å²) in [7, 11) is 2.13. The van der Waals surface area contributed by atoms with Crippen LogP contribution >= 0.6 is 0 Å². The van der Waals surface area contributed by atoms with Gasteiger partial charge >= 0.3 is 0 Å². The van der Waals surface area contributed by atoms with Gasteiger partial charge in [0.1, 0.15) is 0 Å². The highest BCUT2D eigenvalue weighted by Gasteiger charge is 2.33. The van der Waals surface area contributed by atoms with Gasteiger partial charge in [0.2, 0.25) is 0 Å². The summed E-state index contributed by atoms with van der Waals surface area (Å²) in [6.07, 6.45) is 8.19. The molecule has 0 bridgehead atoms. The van der Waals surface area contributed by atoms with Gasteiger partial charge in [-0.05, 0) is 63.7 Å². The van der Waals surface area contributed by atoms with E-state index in [9.17, 15) is 0 Å². The standard InChI is InChI=1S/C18H28N2/c1-19-17-8-5-9-18(17)20-12-10-16(11-13-20)14-15-6-3-2-4-7-15/h2-4,6-7,16-19H,5,8-14H2,1H3. The summed E-state index contributed by atoms with van der Waals surface area (Å²) < 4.78 is 0. The van der Waals surface area contributed by atoms with Crippen LogP contribution in [0.3, 0.4) is 0 Å². The summed E-state index contributed by atoms with van der Waals surface area (Å²) in [5, 5.41) is 3.52. The molecule has 0 amide bonds. The van der Waals surface area contributed by atoms with Crippen LogP contribution in [0.15, 0.2) is 30.3 Å².